The fourth-order valence-electron chi connectivity index (χ4n) is 1.58. The summed E-state index contributed by atoms with van der Waals surface area (Å²) < 4.78 is 0. The molecular formula is C6H10N2O2. The minimum atomic E-state index is -0.726. The maximum atomic E-state index is 10.9. The van der Waals surface area contributed by atoms with Crippen molar-refractivity contribution in [3.63, 3.8) is 0 Å². The molecular weight excluding hydrogens is 132 g/mol. The highest BCUT2D eigenvalue weighted by Crippen LogP contribution is 2.46. The van der Waals surface area contributed by atoms with Gasteiger partial charge in [0.25, 0.3) is 0 Å². The molecule has 1 heterocycles. The van der Waals surface area contributed by atoms with E-state index < -0.39 is 6.23 Å². The molecule has 2 aliphatic rings. The summed E-state index contributed by atoms with van der Waals surface area (Å²) >= 11 is 0. The van der Waals surface area contributed by atoms with Crippen molar-refractivity contribution in [2.24, 2.45) is 11.7 Å². The summed E-state index contributed by atoms with van der Waals surface area (Å²) in [6.45, 7) is 0. The average molecular weight is 142 g/mol. The van der Waals surface area contributed by atoms with Crippen LogP contribution in [0.2, 0.25) is 0 Å². The molecule has 0 aromatic heterocycles. The molecule has 0 bridgehead atoms. The maximum Gasteiger partial charge on any atom is 0.227 e. The number of rotatable bonds is 0. The lowest BCUT2D eigenvalue weighted by Crippen LogP contribution is -2.48. The minimum Gasteiger partial charge on any atom is -0.374 e. The number of hydrogen-bond donors (Lipinski definition) is 3. The van der Waals surface area contributed by atoms with Crippen LogP contribution in [-0.4, -0.2) is 22.8 Å². The van der Waals surface area contributed by atoms with Crippen molar-refractivity contribution in [1.29, 1.82) is 0 Å². The normalized spacial score (nSPS) is 51.6. The van der Waals surface area contributed by atoms with Crippen LogP contribution >= 0.6 is 0 Å². The van der Waals surface area contributed by atoms with Crippen molar-refractivity contribution in [3.8, 4) is 0 Å². The van der Waals surface area contributed by atoms with Crippen molar-refractivity contribution in [2.75, 3.05) is 0 Å². The second-order valence-corrected chi connectivity index (χ2v) is 3.22. The molecule has 56 valence electrons. The Hall–Kier alpha value is -0.610. The van der Waals surface area contributed by atoms with E-state index in [0.717, 1.165) is 6.42 Å². The van der Waals surface area contributed by atoms with E-state index in [1.165, 1.54) is 0 Å². The number of aliphatic hydroxyl groups excluding tert-OH is 1. The molecule has 1 amide bonds. The van der Waals surface area contributed by atoms with Crippen LogP contribution in [0, 0.1) is 5.92 Å². The van der Waals surface area contributed by atoms with E-state index in [-0.39, 0.29) is 17.4 Å². The Kier molecular flexibility index (Phi) is 0.928. The molecule has 4 N–H and O–H groups in total. The first-order chi connectivity index (χ1) is 4.62. The van der Waals surface area contributed by atoms with Crippen molar-refractivity contribution in [1.82, 2.24) is 5.32 Å². The van der Waals surface area contributed by atoms with Gasteiger partial charge in [-0.1, -0.05) is 0 Å². The van der Waals surface area contributed by atoms with Gasteiger partial charge in [0, 0.05) is 12.0 Å². The smallest absolute Gasteiger partial charge is 0.227 e. The zero-order chi connectivity index (χ0) is 7.35. The van der Waals surface area contributed by atoms with Gasteiger partial charge in [0.2, 0.25) is 5.91 Å². The van der Waals surface area contributed by atoms with Crippen LogP contribution in [0.5, 0.6) is 0 Å². The van der Waals surface area contributed by atoms with Gasteiger partial charge in [0.05, 0.1) is 5.92 Å². The summed E-state index contributed by atoms with van der Waals surface area (Å²) in [5, 5.41) is 11.5. The molecule has 0 spiro atoms. The summed E-state index contributed by atoms with van der Waals surface area (Å²) in [4.78, 5) is 10.9. The molecule has 2 rings (SSSR count). The van der Waals surface area contributed by atoms with Gasteiger partial charge in [0.1, 0.15) is 6.23 Å². The first-order valence-corrected chi connectivity index (χ1v) is 3.39. The van der Waals surface area contributed by atoms with E-state index in [9.17, 15) is 4.79 Å². The number of nitrogens with two attached hydrogens (primary N) is 1. The highest BCUT2D eigenvalue weighted by Gasteiger charge is 2.59. The van der Waals surface area contributed by atoms with Gasteiger partial charge >= 0.3 is 0 Å². The van der Waals surface area contributed by atoms with Crippen LogP contribution in [0.15, 0.2) is 0 Å². The third-order valence-electron chi connectivity index (χ3n) is 2.32. The summed E-state index contributed by atoms with van der Waals surface area (Å²) in [7, 11) is 0. The zero-order valence-corrected chi connectivity index (χ0v) is 5.50. The topological polar surface area (TPSA) is 75.3 Å². The largest absolute Gasteiger partial charge is 0.374 e. The van der Waals surface area contributed by atoms with Crippen LogP contribution < -0.4 is 11.1 Å². The highest BCUT2D eigenvalue weighted by molar-refractivity contribution is 5.84. The van der Waals surface area contributed by atoms with Crippen molar-refractivity contribution in [2.45, 2.75) is 24.6 Å². The second-order valence-electron chi connectivity index (χ2n) is 3.22. The predicted octanol–water partition coefficient (Wildman–Crippen LogP) is -1.46. The van der Waals surface area contributed by atoms with Crippen molar-refractivity contribution >= 4 is 5.91 Å². The SMILES string of the molecule is NC12CC(O)NC(=O)C1C2. The number of nitrogens with one attached hydrogen (secondary N) is 1. The molecule has 0 radical (unpaired) electrons. The molecule has 4 heteroatoms. The number of amides is 1. The molecule has 0 aromatic carbocycles. The van der Waals surface area contributed by atoms with Gasteiger partial charge in [-0.2, -0.15) is 0 Å². The first kappa shape index (κ1) is 6.12. The standard InChI is InChI=1S/C6H10N2O2/c7-6-1-3(6)5(10)8-4(9)2-6/h3-4,9H,1-2,7H2,(H,8,10). The van der Waals surface area contributed by atoms with E-state index in [1.54, 1.807) is 0 Å². The van der Waals surface area contributed by atoms with Crippen LogP contribution in [0.25, 0.3) is 0 Å². The third-order valence-corrected chi connectivity index (χ3v) is 2.32. The number of aliphatic hydroxyl groups is 1. The number of hydrogen-bond acceptors (Lipinski definition) is 3. The fourth-order valence-corrected chi connectivity index (χ4v) is 1.58. The second kappa shape index (κ2) is 1.52. The fraction of sp³-hybridized carbons (Fsp3) is 0.833. The predicted molar refractivity (Wildman–Crippen MR) is 33.8 cm³/mol. The highest BCUT2D eigenvalue weighted by atomic mass is 16.3. The zero-order valence-electron chi connectivity index (χ0n) is 5.50. The Labute approximate surface area is 58.4 Å². The van der Waals surface area contributed by atoms with E-state index in [2.05, 4.69) is 5.32 Å². The number of carbonyl (C=O) groups is 1. The quantitative estimate of drug-likeness (QED) is 0.387. The molecule has 1 saturated carbocycles. The lowest BCUT2D eigenvalue weighted by molar-refractivity contribution is -0.128. The van der Waals surface area contributed by atoms with Gasteiger partial charge in [-0.05, 0) is 6.42 Å². The average Bonchev–Trinajstić information content (AvgIpc) is 2.39. The summed E-state index contributed by atoms with van der Waals surface area (Å²) in [6.07, 6.45) is 0.510. The summed E-state index contributed by atoms with van der Waals surface area (Å²) in [6, 6.07) is 0. The van der Waals surface area contributed by atoms with Gasteiger partial charge in [-0.3, -0.25) is 4.79 Å². The molecule has 4 nitrogen and oxygen atoms in total. The molecule has 1 aliphatic carbocycles. The van der Waals surface area contributed by atoms with Crippen molar-refractivity contribution < 1.29 is 9.90 Å². The Bertz CT molecular complexity index is 194. The van der Waals surface area contributed by atoms with E-state index >= 15 is 0 Å². The van der Waals surface area contributed by atoms with Gasteiger partial charge in [-0.15, -0.1) is 0 Å². The minimum absolute atomic E-state index is 0.0316. The Balaban J connectivity index is 2.15. The van der Waals surface area contributed by atoms with Crippen LogP contribution in [-0.2, 0) is 4.79 Å². The Morgan fingerprint density at radius 3 is 3.00 bits per heavy atom. The van der Waals surface area contributed by atoms with Crippen molar-refractivity contribution in [3.05, 3.63) is 0 Å². The molecule has 3 unspecified atom stereocenters. The number of carbonyl (C=O) groups excluding carboxylic acids is 1. The van der Waals surface area contributed by atoms with Crippen LogP contribution in [0.4, 0.5) is 0 Å². The molecule has 3 atom stereocenters. The lowest BCUT2D eigenvalue weighted by atomic mass is 10.1. The van der Waals surface area contributed by atoms with Crippen LogP contribution in [0.1, 0.15) is 12.8 Å². The molecule has 0 aromatic rings. The van der Waals surface area contributed by atoms with E-state index in [1.807, 2.05) is 0 Å². The van der Waals surface area contributed by atoms with Gasteiger partial charge in [-0.25, -0.2) is 0 Å². The van der Waals surface area contributed by atoms with E-state index in [0.29, 0.717) is 6.42 Å². The number of fused-ring (bicyclic) bond motifs is 1. The van der Waals surface area contributed by atoms with Gasteiger partial charge in [0.15, 0.2) is 0 Å². The molecule has 10 heavy (non-hydrogen) atoms. The van der Waals surface area contributed by atoms with Crippen LogP contribution in [0.3, 0.4) is 0 Å². The van der Waals surface area contributed by atoms with Gasteiger partial charge < -0.3 is 16.2 Å². The third kappa shape index (κ3) is 0.660. The maximum absolute atomic E-state index is 10.9. The molecule has 1 aliphatic heterocycles. The monoisotopic (exact) mass is 142 g/mol. The molecule has 2 fully saturated rings. The summed E-state index contributed by atoms with van der Waals surface area (Å²) in [5.41, 5.74) is 5.34. The first-order valence-electron chi connectivity index (χ1n) is 3.39. The lowest BCUT2D eigenvalue weighted by Gasteiger charge is -2.22. The Morgan fingerprint density at radius 1 is 1.70 bits per heavy atom. The molecule has 1 saturated heterocycles. The Morgan fingerprint density at radius 2 is 2.40 bits per heavy atom. The van der Waals surface area contributed by atoms with E-state index in [4.69, 9.17) is 10.8 Å². The number of piperidine rings is 1. The summed E-state index contributed by atoms with van der Waals surface area (Å²) in [5.74, 6) is -0.128.